The van der Waals surface area contributed by atoms with E-state index in [0.29, 0.717) is 6.04 Å². The predicted molar refractivity (Wildman–Crippen MR) is 93.2 cm³/mol. The van der Waals surface area contributed by atoms with Crippen LogP contribution in [0, 0.1) is 12.8 Å². The maximum absolute atomic E-state index is 3.77. The highest BCUT2D eigenvalue weighted by Gasteiger charge is 2.19. The minimum atomic E-state index is 0.453. The van der Waals surface area contributed by atoms with Crippen LogP contribution in [0.1, 0.15) is 36.2 Å². The van der Waals surface area contributed by atoms with Crippen molar-refractivity contribution in [2.24, 2.45) is 5.92 Å². The van der Waals surface area contributed by atoms with Gasteiger partial charge < -0.3 is 10.2 Å². The molecular weight excluding hydrogens is 276 g/mol. The third-order valence-corrected chi connectivity index (χ3v) is 6.16. The molecule has 2 atom stereocenters. The molecule has 1 fully saturated rings. The average molecular weight is 302 g/mol. The van der Waals surface area contributed by atoms with Gasteiger partial charge in [-0.1, -0.05) is 18.2 Å². The number of likely N-dealkylation sites (tertiary alicyclic amines) is 1. The van der Waals surface area contributed by atoms with Gasteiger partial charge in [-0.05, 0) is 69.8 Å². The van der Waals surface area contributed by atoms with Crippen molar-refractivity contribution in [2.45, 2.75) is 32.7 Å². The molecule has 0 bridgehead atoms. The van der Waals surface area contributed by atoms with E-state index < -0.39 is 0 Å². The summed E-state index contributed by atoms with van der Waals surface area (Å²) in [6.45, 7) is 8.22. The van der Waals surface area contributed by atoms with E-state index in [9.17, 15) is 0 Å². The van der Waals surface area contributed by atoms with E-state index in [1.807, 2.05) is 11.3 Å². The summed E-state index contributed by atoms with van der Waals surface area (Å²) in [6.07, 6.45) is 2.72. The van der Waals surface area contributed by atoms with Gasteiger partial charge in [0.15, 0.2) is 0 Å². The average Bonchev–Trinajstić information content (AvgIpc) is 2.83. The van der Waals surface area contributed by atoms with Crippen molar-refractivity contribution in [1.82, 2.24) is 10.2 Å². The number of nitrogens with one attached hydrogen (secondary N) is 1. The zero-order chi connectivity index (χ0) is 14.8. The Labute approximate surface area is 132 Å². The fourth-order valence-electron chi connectivity index (χ4n) is 3.48. The van der Waals surface area contributed by atoms with Crippen molar-refractivity contribution < 1.29 is 0 Å². The Kier molecular flexibility index (Phi) is 4.63. The van der Waals surface area contributed by atoms with Crippen LogP contribution in [0.25, 0.3) is 10.1 Å². The Morgan fingerprint density at radius 1 is 1.38 bits per heavy atom. The van der Waals surface area contributed by atoms with E-state index in [4.69, 9.17) is 0 Å². The summed E-state index contributed by atoms with van der Waals surface area (Å²) in [6, 6.07) is 9.21. The summed E-state index contributed by atoms with van der Waals surface area (Å²) in [5.41, 5.74) is 1.45. The maximum Gasteiger partial charge on any atom is 0.0389 e. The SMILES string of the molecule is Cc1c(C(C)NCC2CCCN(C)C2)sc2ccccc12. The number of rotatable bonds is 4. The first-order chi connectivity index (χ1) is 10.1. The summed E-state index contributed by atoms with van der Waals surface area (Å²) >= 11 is 1.95. The Morgan fingerprint density at radius 2 is 2.19 bits per heavy atom. The lowest BCUT2D eigenvalue weighted by Gasteiger charge is -2.30. The van der Waals surface area contributed by atoms with Gasteiger partial charge in [-0.25, -0.2) is 0 Å². The first kappa shape index (κ1) is 15.0. The van der Waals surface area contributed by atoms with Crippen molar-refractivity contribution in [1.29, 1.82) is 0 Å². The summed E-state index contributed by atoms with van der Waals surface area (Å²) < 4.78 is 1.41. The molecule has 1 N–H and O–H groups in total. The number of benzene rings is 1. The molecule has 2 nitrogen and oxygen atoms in total. The summed E-state index contributed by atoms with van der Waals surface area (Å²) in [5, 5.41) is 5.19. The second-order valence-corrected chi connectivity index (χ2v) is 7.57. The number of hydrogen-bond donors (Lipinski definition) is 1. The third-order valence-electron chi connectivity index (χ3n) is 4.71. The van der Waals surface area contributed by atoms with E-state index >= 15 is 0 Å². The largest absolute Gasteiger partial charge is 0.309 e. The van der Waals surface area contributed by atoms with Gasteiger partial charge in [-0.15, -0.1) is 11.3 Å². The number of hydrogen-bond acceptors (Lipinski definition) is 3. The molecule has 0 aliphatic carbocycles. The van der Waals surface area contributed by atoms with E-state index in [2.05, 4.69) is 55.4 Å². The lowest BCUT2D eigenvalue weighted by atomic mass is 9.98. The van der Waals surface area contributed by atoms with Crippen molar-refractivity contribution in [3.63, 3.8) is 0 Å². The minimum absolute atomic E-state index is 0.453. The number of thiophene rings is 1. The molecule has 2 heterocycles. The van der Waals surface area contributed by atoms with Crippen LogP contribution in [0.5, 0.6) is 0 Å². The highest BCUT2D eigenvalue weighted by Crippen LogP contribution is 2.34. The van der Waals surface area contributed by atoms with Crippen LogP contribution in [0.4, 0.5) is 0 Å². The number of fused-ring (bicyclic) bond motifs is 1. The lowest BCUT2D eigenvalue weighted by molar-refractivity contribution is 0.203. The topological polar surface area (TPSA) is 15.3 Å². The van der Waals surface area contributed by atoms with Crippen molar-refractivity contribution in [3.8, 4) is 0 Å². The zero-order valence-corrected chi connectivity index (χ0v) is 14.2. The quantitative estimate of drug-likeness (QED) is 0.910. The van der Waals surface area contributed by atoms with E-state index in [-0.39, 0.29) is 0 Å². The van der Waals surface area contributed by atoms with Crippen LogP contribution in [-0.2, 0) is 0 Å². The zero-order valence-electron chi connectivity index (χ0n) is 13.4. The Balaban J connectivity index is 1.66. The van der Waals surface area contributed by atoms with E-state index in [1.54, 1.807) is 0 Å². The maximum atomic E-state index is 3.77. The second kappa shape index (κ2) is 6.47. The highest BCUT2D eigenvalue weighted by atomic mass is 32.1. The van der Waals surface area contributed by atoms with Gasteiger partial charge in [0.1, 0.15) is 0 Å². The van der Waals surface area contributed by atoms with Crippen molar-refractivity contribution in [2.75, 3.05) is 26.7 Å². The fraction of sp³-hybridized carbons (Fsp3) is 0.556. The molecule has 1 aliphatic heterocycles. The molecule has 2 unspecified atom stereocenters. The molecule has 1 aliphatic rings. The summed E-state index contributed by atoms with van der Waals surface area (Å²) in [5.74, 6) is 0.806. The van der Waals surface area contributed by atoms with Gasteiger partial charge in [0, 0.05) is 22.2 Å². The van der Waals surface area contributed by atoms with Gasteiger partial charge in [0.05, 0.1) is 0 Å². The van der Waals surface area contributed by atoms with Crippen LogP contribution in [0.3, 0.4) is 0 Å². The summed E-state index contributed by atoms with van der Waals surface area (Å²) in [7, 11) is 2.24. The normalized spacial score (nSPS) is 21.8. The van der Waals surface area contributed by atoms with E-state index in [0.717, 1.165) is 12.5 Å². The first-order valence-electron chi connectivity index (χ1n) is 8.05. The van der Waals surface area contributed by atoms with Crippen LogP contribution in [0.15, 0.2) is 24.3 Å². The third kappa shape index (κ3) is 3.31. The standard InChI is InChI=1S/C18H26N2S/c1-13-16-8-4-5-9-17(16)21-18(13)14(2)19-11-15-7-6-10-20(3)12-15/h4-5,8-9,14-15,19H,6-7,10-12H2,1-3H3. The molecule has 0 spiro atoms. The first-order valence-corrected chi connectivity index (χ1v) is 8.86. The number of piperidine rings is 1. The van der Waals surface area contributed by atoms with E-state index in [1.165, 1.54) is 46.5 Å². The molecule has 0 amide bonds. The molecule has 3 rings (SSSR count). The molecular formula is C18H26N2S. The number of aryl methyl sites for hydroxylation is 1. The van der Waals surface area contributed by atoms with Crippen LogP contribution >= 0.6 is 11.3 Å². The van der Waals surface area contributed by atoms with Crippen molar-refractivity contribution >= 4 is 21.4 Å². The number of nitrogens with zero attached hydrogens (tertiary/aromatic N) is 1. The van der Waals surface area contributed by atoms with Gasteiger partial charge in [0.2, 0.25) is 0 Å². The molecule has 1 aromatic heterocycles. The molecule has 2 aromatic rings. The monoisotopic (exact) mass is 302 g/mol. The highest BCUT2D eigenvalue weighted by molar-refractivity contribution is 7.19. The van der Waals surface area contributed by atoms with Gasteiger partial charge in [0.25, 0.3) is 0 Å². The lowest BCUT2D eigenvalue weighted by Crippen LogP contribution is -2.37. The van der Waals surface area contributed by atoms with Crippen LogP contribution in [-0.4, -0.2) is 31.6 Å². The Hall–Kier alpha value is -0.900. The van der Waals surface area contributed by atoms with Crippen LogP contribution in [0.2, 0.25) is 0 Å². The molecule has 3 heteroatoms. The Morgan fingerprint density at radius 3 is 2.95 bits per heavy atom. The Bertz CT molecular complexity index is 604. The molecule has 0 radical (unpaired) electrons. The molecule has 114 valence electrons. The minimum Gasteiger partial charge on any atom is -0.309 e. The molecule has 0 saturated carbocycles. The van der Waals surface area contributed by atoms with Gasteiger partial charge in [-0.3, -0.25) is 0 Å². The second-order valence-electron chi connectivity index (χ2n) is 6.49. The molecule has 1 saturated heterocycles. The van der Waals surface area contributed by atoms with Crippen molar-refractivity contribution in [3.05, 3.63) is 34.7 Å². The summed E-state index contributed by atoms with van der Waals surface area (Å²) in [4.78, 5) is 3.96. The fourth-order valence-corrected chi connectivity index (χ4v) is 4.72. The predicted octanol–water partition coefficient (Wildman–Crippen LogP) is 4.20. The van der Waals surface area contributed by atoms with Gasteiger partial charge in [-0.2, -0.15) is 0 Å². The molecule has 21 heavy (non-hydrogen) atoms. The smallest absolute Gasteiger partial charge is 0.0389 e. The van der Waals surface area contributed by atoms with Gasteiger partial charge >= 0.3 is 0 Å². The molecule has 1 aromatic carbocycles. The van der Waals surface area contributed by atoms with Crippen LogP contribution < -0.4 is 5.32 Å².